The van der Waals surface area contributed by atoms with Gasteiger partial charge in [-0.25, -0.2) is 13.8 Å². The first-order chi connectivity index (χ1) is 11.3. The number of H-pyrrole nitrogens is 1. The molecule has 0 aliphatic heterocycles. The van der Waals surface area contributed by atoms with Crippen LogP contribution >= 0.6 is 28.3 Å². The zero-order valence-electron chi connectivity index (χ0n) is 12.3. The van der Waals surface area contributed by atoms with Gasteiger partial charge in [0.1, 0.15) is 11.6 Å². The molecule has 0 bridgehead atoms. The Balaban J connectivity index is 0.00000225. The van der Waals surface area contributed by atoms with Crippen LogP contribution < -0.4 is 4.80 Å². The van der Waals surface area contributed by atoms with Gasteiger partial charge in [-0.2, -0.15) is 13.2 Å². The van der Waals surface area contributed by atoms with Crippen LogP contribution in [0, 0.1) is 11.6 Å². The molecular formula is C16H10BrF5N2S. The molecule has 1 heterocycles. The molecule has 0 saturated carbocycles. The molecule has 1 N–H and O–H groups in total. The van der Waals surface area contributed by atoms with E-state index in [2.05, 4.69) is 9.98 Å². The van der Waals surface area contributed by atoms with E-state index in [0.717, 1.165) is 35.6 Å². The highest BCUT2D eigenvalue weighted by Crippen LogP contribution is 2.30. The lowest BCUT2D eigenvalue weighted by atomic mass is 10.1. The summed E-state index contributed by atoms with van der Waals surface area (Å²) in [6, 6.07) is 7.57. The predicted octanol–water partition coefficient (Wildman–Crippen LogP) is 5.85. The average molecular weight is 437 g/mol. The Morgan fingerprint density at radius 2 is 1.64 bits per heavy atom. The fourth-order valence-corrected chi connectivity index (χ4v) is 2.77. The Morgan fingerprint density at radius 1 is 0.960 bits per heavy atom. The summed E-state index contributed by atoms with van der Waals surface area (Å²) in [5, 5.41) is 1.60. The van der Waals surface area contributed by atoms with Gasteiger partial charge < -0.3 is 4.98 Å². The number of benzene rings is 2. The van der Waals surface area contributed by atoms with Crippen molar-refractivity contribution in [3.63, 3.8) is 0 Å². The van der Waals surface area contributed by atoms with E-state index in [1.807, 2.05) is 0 Å². The van der Waals surface area contributed by atoms with Crippen LogP contribution in [0.1, 0.15) is 5.56 Å². The fraction of sp³-hybridized carbons (Fsp3) is 0.0625. The first-order valence-electron chi connectivity index (χ1n) is 6.68. The number of halogens is 6. The lowest BCUT2D eigenvalue weighted by Gasteiger charge is -2.05. The second kappa shape index (κ2) is 7.49. The number of thiazole rings is 1. The third-order valence-corrected chi connectivity index (χ3v) is 3.95. The Hall–Kier alpha value is -2.00. The number of nitrogens with zero attached hydrogens (tertiary/aromatic N) is 1. The maximum atomic E-state index is 13.7. The molecule has 0 unspecified atom stereocenters. The lowest BCUT2D eigenvalue weighted by molar-refractivity contribution is -0.137. The van der Waals surface area contributed by atoms with Crippen LogP contribution in [0.2, 0.25) is 0 Å². The topological polar surface area (TPSA) is 28.1 Å². The van der Waals surface area contributed by atoms with E-state index >= 15 is 0 Å². The summed E-state index contributed by atoms with van der Waals surface area (Å²) < 4.78 is 64.2. The molecule has 3 aromatic rings. The number of alkyl halides is 3. The van der Waals surface area contributed by atoms with Crippen molar-refractivity contribution in [2.45, 2.75) is 6.18 Å². The van der Waals surface area contributed by atoms with Crippen molar-refractivity contribution in [1.29, 1.82) is 0 Å². The lowest BCUT2D eigenvalue weighted by Crippen LogP contribution is -2.04. The Bertz CT molecular complexity index is 929. The molecule has 0 radical (unpaired) electrons. The van der Waals surface area contributed by atoms with Crippen LogP contribution in [0.4, 0.5) is 27.6 Å². The van der Waals surface area contributed by atoms with Crippen molar-refractivity contribution in [3.8, 4) is 11.3 Å². The maximum Gasteiger partial charge on any atom is 0.416 e. The molecule has 0 spiro atoms. The SMILES string of the molecule is Br.Fc1ccc(-c2csc(=Nc3ccc(C(F)(F)F)cc3)[nH]2)c(F)c1. The van der Waals surface area contributed by atoms with Crippen LogP contribution in [0.15, 0.2) is 52.8 Å². The summed E-state index contributed by atoms with van der Waals surface area (Å²) in [7, 11) is 0. The Kier molecular flexibility index (Phi) is 5.79. The normalized spacial score (nSPS) is 12.1. The van der Waals surface area contributed by atoms with Crippen molar-refractivity contribution in [2.24, 2.45) is 4.99 Å². The third-order valence-electron chi connectivity index (χ3n) is 3.18. The van der Waals surface area contributed by atoms with Crippen molar-refractivity contribution in [2.75, 3.05) is 0 Å². The molecule has 0 aliphatic carbocycles. The summed E-state index contributed by atoms with van der Waals surface area (Å²) in [5.74, 6) is -1.40. The van der Waals surface area contributed by atoms with Gasteiger partial charge in [0.05, 0.1) is 16.9 Å². The Morgan fingerprint density at radius 3 is 2.24 bits per heavy atom. The quantitative estimate of drug-likeness (QED) is 0.488. The summed E-state index contributed by atoms with van der Waals surface area (Å²) in [5.41, 5.74) is 0.155. The molecule has 0 aliphatic rings. The number of rotatable bonds is 2. The van der Waals surface area contributed by atoms with Crippen LogP contribution in [0.3, 0.4) is 0 Å². The van der Waals surface area contributed by atoms with Crippen molar-refractivity contribution in [1.82, 2.24) is 4.98 Å². The largest absolute Gasteiger partial charge is 0.416 e. The molecule has 0 amide bonds. The van der Waals surface area contributed by atoms with Gasteiger partial charge in [-0.05, 0) is 36.4 Å². The van der Waals surface area contributed by atoms with Gasteiger partial charge in [0.15, 0.2) is 4.80 Å². The predicted molar refractivity (Wildman–Crippen MR) is 91.0 cm³/mol. The van der Waals surface area contributed by atoms with Crippen LogP contribution in [0.25, 0.3) is 11.3 Å². The van der Waals surface area contributed by atoms with Gasteiger partial charge >= 0.3 is 6.18 Å². The molecule has 0 saturated heterocycles. The van der Waals surface area contributed by atoms with E-state index in [4.69, 9.17) is 0 Å². The van der Waals surface area contributed by atoms with Gasteiger partial charge in [0, 0.05) is 17.0 Å². The standard InChI is InChI=1S/C16H9F5N2S.BrH/c17-10-3-6-12(13(18)7-10)14-8-24-15(23-14)22-11-4-1-9(2-5-11)16(19,20)21;/h1-8H,(H,22,23);1H. The molecule has 1 aromatic heterocycles. The molecule has 2 aromatic carbocycles. The highest BCUT2D eigenvalue weighted by Gasteiger charge is 2.29. The molecule has 9 heteroatoms. The summed E-state index contributed by atoms with van der Waals surface area (Å²) in [6.45, 7) is 0. The van der Waals surface area contributed by atoms with E-state index in [9.17, 15) is 22.0 Å². The zero-order chi connectivity index (χ0) is 17.3. The maximum absolute atomic E-state index is 13.7. The second-order valence-corrected chi connectivity index (χ2v) is 5.72. The summed E-state index contributed by atoms with van der Waals surface area (Å²) >= 11 is 1.16. The fourth-order valence-electron chi connectivity index (χ4n) is 2.02. The number of aromatic nitrogens is 1. The molecule has 25 heavy (non-hydrogen) atoms. The summed E-state index contributed by atoms with van der Waals surface area (Å²) in [4.78, 5) is 7.39. The minimum Gasteiger partial charge on any atom is -0.330 e. The number of nitrogens with one attached hydrogen (secondary N) is 1. The average Bonchev–Trinajstić information content (AvgIpc) is 2.95. The molecule has 132 valence electrons. The summed E-state index contributed by atoms with van der Waals surface area (Å²) in [6.07, 6.45) is -4.40. The van der Waals surface area contributed by atoms with E-state index < -0.39 is 23.4 Å². The van der Waals surface area contributed by atoms with Gasteiger partial charge in [0.25, 0.3) is 0 Å². The smallest absolute Gasteiger partial charge is 0.330 e. The van der Waals surface area contributed by atoms with Crippen LogP contribution in [-0.2, 0) is 6.18 Å². The second-order valence-electron chi connectivity index (χ2n) is 4.86. The third kappa shape index (κ3) is 4.55. The van der Waals surface area contributed by atoms with Crippen LogP contribution in [-0.4, -0.2) is 4.98 Å². The minimum atomic E-state index is -4.40. The Labute approximate surface area is 153 Å². The molecule has 0 fully saturated rings. The van der Waals surface area contributed by atoms with E-state index in [-0.39, 0.29) is 22.5 Å². The van der Waals surface area contributed by atoms with Gasteiger partial charge in [-0.1, -0.05) is 0 Å². The number of hydrogen-bond acceptors (Lipinski definition) is 2. The zero-order valence-corrected chi connectivity index (χ0v) is 14.8. The highest BCUT2D eigenvalue weighted by atomic mass is 79.9. The number of aromatic amines is 1. The van der Waals surface area contributed by atoms with Crippen molar-refractivity contribution >= 4 is 34.0 Å². The first-order valence-corrected chi connectivity index (χ1v) is 7.56. The highest BCUT2D eigenvalue weighted by molar-refractivity contribution is 8.93. The first kappa shape index (κ1) is 19.3. The van der Waals surface area contributed by atoms with Crippen molar-refractivity contribution in [3.05, 3.63) is 69.8 Å². The van der Waals surface area contributed by atoms with Crippen LogP contribution in [0.5, 0.6) is 0 Å². The molecule has 3 rings (SSSR count). The van der Waals surface area contributed by atoms with E-state index in [0.29, 0.717) is 16.2 Å². The monoisotopic (exact) mass is 436 g/mol. The van der Waals surface area contributed by atoms with E-state index in [1.165, 1.54) is 18.2 Å². The van der Waals surface area contributed by atoms with Crippen molar-refractivity contribution < 1.29 is 22.0 Å². The minimum absolute atomic E-state index is 0. The molecule has 0 atom stereocenters. The van der Waals surface area contributed by atoms with Gasteiger partial charge in [-0.15, -0.1) is 28.3 Å². The molecular weight excluding hydrogens is 427 g/mol. The van der Waals surface area contributed by atoms with Gasteiger partial charge in [0.2, 0.25) is 0 Å². The molecule has 2 nitrogen and oxygen atoms in total. The number of hydrogen-bond donors (Lipinski definition) is 1. The van der Waals surface area contributed by atoms with E-state index in [1.54, 1.807) is 5.38 Å². The van der Waals surface area contributed by atoms with Gasteiger partial charge in [-0.3, -0.25) is 0 Å².